The maximum atomic E-state index is 13.0. The first kappa shape index (κ1) is 18.7. The number of nitrogens with one attached hydrogen (secondary N) is 1. The van der Waals surface area contributed by atoms with E-state index in [9.17, 15) is 14.4 Å². The van der Waals surface area contributed by atoms with Crippen molar-refractivity contribution in [2.75, 3.05) is 4.90 Å². The number of hydrogen-bond donors (Lipinski definition) is 1. The summed E-state index contributed by atoms with van der Waals surface area (Å²) in [6.07, 6.45) is 3.28. The molecule has 1 aliphatic rings. The summed E-state index contributed by atoms with van der Waals surface area (Å²) in [5.41, 5.74) is 2.69. The van der Waals surface area contributed by atoms with Gasteiger partial charge in [-0.05, 0) is 61.5 Å². The number of amides is 4. The van der Waals surface area contributed by atoms with Gasteiger partial charge in [-0.15, -0.1) is 0 Å². The molecule has 0 atom stereocenters. The molecular weight excluding hydrogens is 390 g/mol. The fourth-order valence-electron chi connectivity index (χ4n) is 3.08. The second-order valence-electron chi connectivity index (χ2n) is 6.57. The number of hydrogen-bond acceptors (Lipinski definition) is 3. The van der Waals surface area contributed by atoms with E-state index >= 15 is 0 Å². The molecule has 0 unspecified atom stereocenters. The summed E-state index contributed by atoms with van der Waals surface area (Å²) in [7, 11) is 0. The van der Waals surface area contributed by atoms with Gasteiger partial charge in [0.15, 0.2) is 0 Å². The van der Waals surface area contributed by atoms with Crippen LogP contribution in [0.15, 0.2) is 72.4 Å². The zero-order chi connectivity index (χ0) is 20.5. The highest BCUT2D eigenvalue weighted by atomic mass is 35.5. The van der Waals surface area contributed by atoms with Crippen LogP contribution >= 0.6 is 11.6 Å². The Kier molecular flexibility index (Phi) is 4.78. The van der Waals surface area contributed by atoms with Gasteiger partial charge in [-0.1, -0.05) is 29.3 Å². The number of anilines is 1. The molecule has 1 saturated heterocycles. The molecule has 2 aromatic carbocycles. The fourth-order valence-corrected chi connectivity index (χ4v) is 3.21. The van der Waals surface area contributed by atoms with Crippen LogP contribution in [-0.2, 0) is 9.59 Å². The minimum Gasteiger partial charge on any atom is -0.317 e. The van der Waals surface area contributed by atoms with Gasteiger partial charge in [0.1, 0.15) is 5.57 Å². The Morgan fingerprint density at radius 3 is 2.24 bits per heavy atom. The second-order valence-corrected chi connectivity index (χ2v) is 7.01. The molecule has 1 fully saturated rings. The largest absolute Gasteiger partial charge is 0.335 e. The van der Waals surface area contributed by atoms with Crippen LogP contribution in [0.2, 0.25) is 5.02 Å². The van der Waals surface area contributed by atoms with Crippen molar-refractivity contribution in [3.63, 3.8) is 0 Å². The van der Waals surface area contributed by atoms with E-state index in [-0.39, 0.29) is 5.57 Å². The fraction of sp³-hybridized carbons (Fsp3) is 0.0455. The van der Waals surface area contributed by atoms with Gasteiger partial charge in [0.2, 0.25) is 0 Å². The Bertz CT molecular complexity index is 1140. The summed E-state index contributed by atoms with van der Waals surface area (Å²) in [4.78, 5) is 38.6. The lowest BCUT2D eigenvalue weighted by Crippen LogP contribution is -2.54. The third-order valence-electron chi connectivity index (χ3n) is 4.57. The molecule has 0 saturated carbocycles. The average molecular weight is 406 g/mol. The maximum absolute atomic E-state index is 13.0. The van der Waals surface area contributed by atoms with Crippen molar-refractivity contribution in [2.24, 2.45) is 0 Å². The van der Waals surface area contributed by atoms with Crippen molar-refractivity contribution in [1.82, 2.24) is 9.88 Å². The molecular formula is C22H16ClN3O3. The molecule has 1 aromatic heterocycles. The lowest BCUT2D eigenvalue weighted by atomic mass is 10.1. The molecule has 4 amide bonds. The predicted molar refractivity (Wildman–Crippen MR) is 111 cm³/mol. The number of urea groups is 1. The molecule has 0 bridgehead atoms. The van der Waals surface area contributed by atoms with Crippen molar-refractivity contribution in [2.45, 2.75) is 6.92 Å². The van der Waals surface area contributed by atoms with E-state index in [2.05, 4.69) is 5.32 Å². The third-order valence-corrected chi connectivity index (χ3v) is 4.82. The topological polar surface area (TPSA) is 71.4 Å². The zero-order valence-corrected chi connectivity index (χ0v) is 16.2. The van der Waals surface area contributed by atoms with Crippen LogP contribution in [0.3, 0.4) is 0 Å². The van der Waals surface area contributed by atoms with Gasteiger partial charge in [-0.25, -0.2) is 9.69 Å². The zero-order valence-electron chi connectivity index (χ0n) is 15.4. The van der Waals surface area contributed by atoms with Gasteiger partial charge in [0.25, 0.3) is 11.8 Å². The van der Waals surface area contributed by atoms with E-state index in [0.717, 1.165) is 16.2 Å². The van der Waals surface area contributed by atoms with Crippen LogP contribution < -0.4 is 10.2 Å². The SMILES string of the molecule is Cc1ccc(N2C(=O)NC(=O)/C(=C/c3cccn3-c3ccc(Cl)cc3)C2=O)cc1. The third kappa shape index (κ3) is 3.58. The summed E-state index contributed by atoms with van der Waals surface area (Å²) in [5, 5.41) is 2.84. The van der Waals surface area contributed by atoms with E-state index in [1.54, 1.807) is 48.5 Å². The van der Waals surface area contributed by atoms with Crippen molar-refractivity contribution < 1.29 is 14.4 Å². The smallest absolute Gasteiger partial charge is 0.317 e. The van der Waals surface area contributed by atoms with Crippen LogP contribution in [0.25, 0.3) is 11.8 Å². The first-order valence-corrected chi connectivity index (χ1v) is 9.23. The van der Waals surface area contributed by atoms with E-state index < -0.39 is 17.8 Å². The summed E-state index contributed by atoms with van der Waals surface area (Å²) in [6, 6.07) is 16.9. The van der Waals surface area contributed by atoms with Crippen LogP contribution in [0.5, 0.6) is 0 Å². The van der Waals surface area contributed by atoms with E-state index in [1.807, 2.05) is 29.8 Å². The standard InChI is InChI=1S/C22H16ClN3O3/c1-14-4-8-17(9-5-14)26-21(28)19(20(27)24-22(26)29)13-18-3-2-12-25(18)16-10-6-15(23)7-11-16/h2-13H,1H3,(H,24,27,29)/b19-13-. The van der Waals surface area contributed by atoms with Crippen LogP contribution in [0.1, 0.15) is 11.3 Å². The second kappa shape index (κ2) is 7.41. The van der Waals surface area contributed by atoms with Crippen molar-refractivity contribution >= 4 is 41.2 Å². The van der Waals surface area contributed by atoms with Gasteiger partial charge >= 0.3 is 6.03 Å². The van der Waals surface area contributed by atoms with Crippen molar-refractivity contribution in [1.29, 1.82) is 0 Å². The summed E-state index contributed by atoms with van der Waals surface area (Å²) >= 11 is 5.95. The van der Waals surface area contributed by atoms with E-state index in [4.69, 9.17) is 11.6 Å². The average Bonchev–Trinajstić information content (AvgIpc) is 3.15. The van der Waals surface area contributed by atoms with Gasteiger partial charge in [0, 0.05) is 22.6 Å². The lowest BCUT2D eigenvalue weighted by Gasteiger charge is -2.26. The number of carbonyl (C=O) groups is 3. The highest BCUT2D eigenvalue weighted by molar-refractivity contribution is 6.39. The Hall–Kier alpha value is -3.64. The number of rotatable bonds is 3. The molecule has 0 aliphatic carbocycles. The molecule has 1 aliphatic heterocycles. The molecule has 0 spiro atoms. The first-order valence-electron chi connectivity index (χ1n) is 8.85. The number of benzene rings is 2. The van der Waals surface area contributed by atoms with Crippen LogP contribution in [0, 0.1) is 6.92 Å². The van der Waals surface area contributed by atoms with Gasteiger partial charge < -0.3 is 4.57 Å². The molecule has 6 nitrogen and oxygen atoms in total. The molecule has 4 rings (SSSR count). The summed E-state index contributed by atoms with van der Waals surface area (Å²) in [5.74, 6) is -1.40. The first-order chi connectivity index (χ1) is 13.9. The Balaban J connectivity index is 1.73. The predicted octanol–water partition coefficient (Wildman–Crippen LogP) is 4.11. The number of halogens is 1. The monoisotopic (exact) mass is 405 g/mol. The molecule has 3 aromatic rings. The van der Waals surface area contributed by atoms with Gasteiger partial charge in [-0.3, -0.25) is 14.9 Å². The molecule has 1 N–H and O–H groups in total. The molecule has 0 radical (unpaired) electrons. The molecule has 2 heterocycles. The van der Waals surface area contributed by atoms with Crippen LogP contribution in [-0.4, -0.2) is 22.4 Å². The molecule has 7 heteroatoms. The Labute approximate surface area is 172 Å². The molecule has 144 valence electrons. The minimum atomic E-state index is -0.769. The number of nitrogens with zero attached hydrogens (tertiary/aromatic N) is 2. The van der Waals surface area contributed by atoms with Crippen LogP contribution in [0.4, 0.5) is 10.5 Å². The maximum Gasteiger partial charge on any atom is 0.335 e. The number of imide groups is 2. The number of barbiturate groups is 1. The summed E-state index contributed by atoms with van der Waals surface area (Å²) in [6.45, 7) is 1.90. The number of carbonyl (C=O) groups excluding carboxylic acids is 3. The highest BCUT2D eigenvalue weighted by Gasteiger charge is 2.36. The summed E-state index contributed by atoms with van der Waals surface area (Å²) < 4.78 is 1.82. The normalized spacial score (nSPS) is 15.7. The minimum absolute atomic E-state index is 0.126. The van der Waals surface area contributed by atoms with E-state index in [1.165, 1.54) is 6.08 Å². The quantitative estimate of drug-likeness (QED) is 0.526. The highest BCUT2D eigenvalue weighted by Crippen LogP contribution is 2.23. The Morgan fingerprint density at radius 1 is 0.897 bits per heavy atom. The van der Waals surface area contributed by atoms with Gasteiger partial charge in [0.05, 0.1) is 5.69 Å². The number of aryl methyl sites for hydroxylation is 1. The van der Waals surface area contributed by atoms with E-state index in [0.29, 0.717) is 16.4 Å². The van der Waals surface area contributed by atoms with Crippen molar-refractivity contribution in [3.05, 3.63) is 88.7 Å². The Morgan fingerprint density at radius 2 is 1.55 bits per heavy atom. The molecule has 29 heavy (non-hydrogen) atoms. The van der Waals surface area contributed by atoms with Gasteiger partial charge in [-0.2, -0.15) is 0 Å². The van der Waals surface area contributed by atoms with Crippen molar-refractivity contribution in [3.8, 4) is 5.69 Å². The lowest BCUT2D eigenvalue weighted by molar-refractivity contribution is -0.122. The number of aromatic nitrogens is 1.